The molecule has 1 saturated heterocycles. The SMILES string of the molecule is O=C1CCc2cc(N3CCN(C(=O)Cc4nc5ccccc5[nH]4)CC3)ccc2N1. The van der Waals surface area contributed by atoms with Crippen molar-refractivity contribution in [2.45, 2.75) is 19.3 Å². The van der Waals surface area contributed by atoms with Crippen molar-refractivity contribution in [2.75, 3.05) is 36.4 Å². The Hall–Kier alpha value is -3.35. The number of hydrogen-bond donors (Lipinski definition) is 2. The van der Waals surface area contributed by atoms with Gasteiger partial charge in [-0.1, -0.05) is 12.1 Å². The van der Waals surface area contributed by atoms with Crippen molar-refractivity contribution in [3.05, 3.63) is 53.9 Å². The molecule has 0 unspecified atom stereocenters. The van der Waals surface area contributed by atoms with Gasteiger partial charge in [-0.25, -0.2) is 4.98 Å². The molecule has 2 aliphatic heterocycles. The summed E-state index contributed by atoms with van der Waals surface area (Å²) in [6, 6.07) is 14.0. The van der Waals surface area contributed by atoms with Crippen LogP contribution in [0.15, 0.2) is 42.5 Å². The first kappa shape index (κ1) is 17.7. The average Bonchev–Trinajstić information content (AvgIpc) is 3.15. The molecule has 2 N–H and O–H groups in total. The monoisotopic (exact) mass is 389 g/mol. The zero-order chi connectivity index (χ0) is 19.8. The lowest BCUT2D eigenvalue weighted by atomic mass is 10.0. The Morgan fingerprint density at radius 1 is 1.03 bits per heavy atom. The van der Waals surface area contributed by atoms with E-state index in [0.29, 0.717) is 25.9 Å². The fourth-order valence-corrected chi connectivity index (χ4v) is 4.12. The predicted molar refractivity (Wildman–Crippen MR) is 112 cm³/mol. The van der Waals surface area contributed by atoms with Crippen molar-refractivity contribution < 1.29 is 9.59 Å². The molecule has 2 aromatic carbocycles. The van der Waals surface area contributed by atoms with Gasteiger partial charge < -0.3 is 20.1 Å². The minimum atomic E-state index is 0.0850. The number of aromatic nitrogens is 2. The second-order valence-electron chi connectivity index (χ2n) is 7.63. The number of benzene rings is 2. The number of imidazole rings is 1. The Bertz CT molecular complexity index is 1050. The molecule has 0 saturated carbocycles. The molecule has 2 aliphatic rings. The molecule has 3 heterocycles. The minimum Gasteiger partial charge on any atom is -0.368 e. The quantitative estimate of drug-likeness (QED) is 0.721. The van der Waals surface area contributed by atoms with E-state index >= 15 is 0 Å². The maximum absolute atomic E-state index is 12.7. The van der Waals surface area contributed by atoms with Gasteiger partial charge in [-0.15, -0.1) is 0 Å². The third-order valence-corrected chi connectivity index (χ3v) is 5.74. The van der Waals surface area contributed by atoms with Crippen LogP contribution in [0.1, 0.15) is 17.8 Å². The van der Waals surface area contributed by atoms with Gasteiger partial charge in [-0.3, -0.25) is 9.59 Å². The van der Waals surface area contributed by atoms with Gasteiger partial charge >= 0.3 is 0 Å². The van der Waals surface area contributed by atoms with Crippen molar-refractivity contribution in [3.63, 3.8) is 0 Å². The third kappa shape index (κ3) is 3.55. The Kier molecular flexibility index (Phi) is 4.42. The molecule has 0 radical (unpaired) electrons. The molecule has 0 atom stereocenters. The van der Waals surface area contributed by atoms with E-state index in [9.17, 15) is 9.59 Å². The predicted octanol–water partition coefficient (Wildman–Crippen LogP) is 2.34. The fraction of sp³-hybridized carbons (Fsp3) is 0.318. The Balaban J connectivity index is 1.21. The van der Waals surface area contributed by atoms with Crippen LogP contribution in [0.2, 0.25) is 0 Å². The lowest BCUT2D eigenvalue weighted by Crippen LogP contribution is -2.49. The molecular weight excluding hydrogens is 366 g/mol. The van der Waals surface area contributed by atoms with Gasteiger partial charge in [0.1, 0.15) is 5.82 Å². The van der Waals surface area contributed by atoms with E-state index in [4.69, 9.17) is 0 Å². The van der Waals surface area contributed by atoms with Crippen LogP contribution in [0, 0.1) is 0 Å². The third-order valence-electron chi connectivity index (χ3n) is 5.74. The molecule has 148 valence electrons. The normalized spacial score (nSPS) is 16.6. The lowest BCUT2D eigenvalue weighted by Gasteiger charge is -2.36. The van der Waals surface area contributed by atoms with E-state index in [2.05, 4.69) is 32.3 Å². The number of aromatic amines is 1. The van der Waals surface area contributed by atoms with Gasteiger partial charge in [0.25, 0.3) is 0 Å². The maximum atomic E-state index is 12.7. The zero-order valence-corrected chi connectivity index (χ0v) is 16.1. The number of H-pyrrole nitrogens is 1. The Morgan fingerprint density at radius 2 is 1.86 bits per heavy atom. The van der Waals surface area contributed by atoms with E-state index < -0.39 is 0 Å². The van der Waals surface area contributed by atoms with Gasteiger partial charge in [0.2, 0.25) is 11.8 Å². The molecule has 5 rings (SSSR count). The molecule has 7 heteroatoms. The highest BCUT2D eigenvalue weighted by Crippen LogP contribution is 2.28. The summed E-state index contributed by atoms with van der Waals surface area (Å²) in [5, 5.41) is 2.93. The summed E-state index contributed by atoms with van der Waals surface area (Å²) in [6.45, 7) is 3.01. The van der Waals surface area contributed by atoms with Crippen LogP contribution in [0.5, 0.6) is 0 Å². The van der Waals surface area contributed by atoms with Crippen LogP contribution < -0.4 is 10.2 Å². The number of piperazine rings is 1. The number of carbonyl (C=O) groups excluding carboxylic acids is 2. The van der Waals surface area contributed by atoms with E-state index in [1.54, 1.807) is 0 Å². The zero-order valence-electron chi connectivity index (χ0n) is 16.1. The van der Waals surface area contributed by atoms with Gasteiger partial charge in [-0.2, -0.15) is 0 Å². The summed E-state index contributed by atoms with van der Waals surface area (Å²) in [6.07, 6.45) is 1.62. The first-order valence-corrected chi connectivity index (χ1v) is 10.0. The minimum absolute atomic E-state index is 0.0850. The summed E-state index contributed by atoms with van der Waals surface area (Å²) in [5.41, 5.74) is 5.12. The second-order valence-corrected chi connectivity index (χ2v) is 7.63. The standard InChI is InChI=1S/C22H23N5O2/c28-21-8-5-15-13-16(6-7-17(15)25-21)26-9-11-27(12-10-26)22(29)14-20-23-18-3-1-2-4-19(18)24-20/h1-4,6-7,13H,5,8-12,14H2,(H,23,24)(H,25,28). The molecule has 3 aromatic rings. The second kappa shape index (κ2) is 7.24. The smallest absolute Gasteiger partial charge is 0.230 e. The first-order chi connectivity index (χ1) is 14.2. The number of carbonyl (C=O) groups is 2. The van der Waals surface area contributed by atoms with Gasteiger partial charge in [-0.05, 0) is 42.3 Å². The number of fused-ring (bicyclic) bond motifs is 2. The molecular formula is C22H23N5O2. The van der Waals surface area contributed by atoms with Crippen molar-refractivity contribution in [2.24, 2.45) is 0 Å². The van der Waals surface area contributed by atoms with Crippen LogP contribution in [-0.2, 0) is 22.4 Å². The summed E-state index contributed by atoms with van der Waals surface area (Å²) in [7, 11) is 0. The molecule has 0 spiro atoms. The number of amides is 2. The van der Waals surface area contributed by atoms with Gasteiger partial charge in [0.15, 0.2) is 0 Å². The van der Waals surface area contributed by atoms with Gasteiger partial charge in [0.05, 0.1) is 17.5 Å². The number of anilines is 2. The average molecular weight is 389 g/mol. The van der Waals surface area contributed by atoms with E-state index in [1.165, 1.54) is 5.56 Å². The number of nitrogens with zero attached hydrogens (tertiary/aromatic N) is 3. The van der Waals surface area contributed by atoms with Crippen LogP contribution in [0.4, 0.5) is 11.4 Å². The topological polar surface area (TPSA) is 81.3 Å². The molecule has 29 heavy (non-hydrogen) atoms. The van der Waals surface area contributed by atoms with Crippen LogP contribution in [0.3, 0.4) is 0 Å². The van der Waals surface area contributed by atoms with Crippen molar-refractivity contribution in [1.29, 1.82) is 0 Å². The maximum Gasteiger partial charge on any atom is 0.230 e. The summed E-state index contributed by atoms with van der Waals surface area (Å²) in [4.78, 5) is 36.2. The van der Waals surface area contributed by atoms with E-state index in [1.807, 2.05) is 35.2 Å². The van der Waals surface area contributed by atoms with Crippen molar-refractivity contribution in [3.8, 4) is 0 Å². The van der Waals surface area contributed by atoms with Crippen LogP contribution in [0.25, 0.3) is 11.0 Å². The summed E-state index contributed by atoms with van der Waals surface area (Å²) >= 11 is 0. The number of para-hydroxylation sites is 2. The highest BCUT2D eigenvalue weighted by molar-refractivity contribution is 5.94. The van der Waals surface area contributed by atoms with Gasteiger partial charge in [0, 0.05) is 44.0 Å². The molecule has 1 fully saturated rings. The lowest BCUT2D eigenvalue weighted by molar-refractivity contribution is -0.130. The summed E-state index contributed by atoms with van der Waals surface area (Å²) < 4.78 is 0. The number of nitrogens with one attached hydrogen (secondary N) is 2. The Labute approximate surface area is 168 Å². The molecule has 2 amide bonds. The van der Waals surface area contributed by atoms with Crippen LogP contribution in [-0.4, -0.2) is 52.9 Å². The fourth-order valence-electron chi connectivity index (χ4n) is 4.12. The highest BCUT2D eigenvalue weighted by atomic mass is 16.2. The molecule has 1 aromatic heterocycles. The number of rotatable bonds is 3. The van der Waals surface area contributed by atoms with E-state index in [-0.39, 0.29) is 11.8 Å². The highest BCUT2D eigenvalue weighted by Gasteiger charge is 2.23. The van der Waals surface area contributed by atoms with Crippen molar-refractivity contribution in [1.82, 2.24) is 14.9 Å². The number of hydrogen-bond acceptors (Lipinski definition) is 4. The molecule has 0 aliphatic carbocycles. The molecule has 0 bridgehead atoms. The molecule has 7 nitrogen and oxygen atoms in total. The van der Waals surface area contributed by atoms with Crippen LogP contribution >= 0.6 is 0 Å². The van der Waals surface area contributed by atoms with E-state index in [0.717, 1.165) is 47.7 Å². The first-order valence-electron chi connectivity index (χ1n) is 10.0. The number of aryl methyl sites for hydroxylation is 1. The Morgan fingerprint density at radius 3 is 2.69 bits per heavy atom. The summed E-state index contributed by atoms with van der Waals surface area (Å²) in [5.74, 6) is 0.911. The van der Waals surface area contributed by atoms with Crippen molar-refractivity contribution >= 4 is 34.2 Å². The largest absolute Gasteiger partial charge is 0.368 e.